The molecule has 0 bridgehead atoms. The number of ketones is 1. The number of rotatable bonds is 6. The maximum absolute atomic E-state index is 11.2. The highest BCUT2D eigenvalue weighted by atomic mass is 32.2. The Hall–Kier alpha value is -0.630. The van der Waals surface area contributed by atoms with Gasteiger partial charge in [-0.1, -0.05) is 6.92 Å². The van der Waals surface area contributed by atoms with Crippen LogP contribution in [0.1, 0.15) is 33.6 Å². The second-order valence-electron chi connectivity index (χ2n) is 4.98. The standard InChI is InChI=1S/C13H23NO5S/c1-4-9-11(17)12(18)10(14-8(3)16)13(19-9)20-6-5-7(2)15/h9-13,17-18H,4-6H2,1-3H3,(H,14,16)/t9-,10-,11+,12-,13+/m1/s1. The van der Waals surface area contributed by atoms with Crippen molar-refractivity contribution in [3.05, 3.63) is 0 Å². The van der Waals surface area contributed by atoms with E-state index in [-0.39, 0.29) is 11.7 Å². The second-order valence-corrected chi connectivity index (χ2v) is 6.19. The van der Waals surface area contributed by atoms with Crippen LogP contribution in [-0.4, -0.2) is 57.4 Å². The van der Waals surface area contributed by atoms with Crippen molar-refractivity contribution >= 4 is 23.5 Å². The molecule has 0 unspecified atom stereocenters. The molecule has 0 aliphatic carbocycles. The third-order valence-corrected chi connectivity index (χ3v) is 4.38. The summed E-state index contributed by atoms with van der Waals surface area (Å²) in [6.45, 7) is 4.72. The van der Waals surface area contributed by atoms with Gasteiger partial charge in [-0.25, -0.2) is 0 Å². The van der Waals surface area contributed by atoms with Crippen molar-refractivity contribution in [2.45, 2.75) is 63.4 Å². The van der Waals surface area contributed by atoms with E-state index in [4.69, 9.17) is 4.74 Å². The summed E-state index contributed by atoms with van der Waals surface area (Å²) >= 11 is 1.37. The molecule has 0 radical (unpaired) electrons. The molecule has 1 rings (SSSR count). The Kier molecular flexibility index (Phi) is 6.94. The minimum Gasteiger partial charge on any atom is -0.388 e. The lowest BCUT2D eigenvalue weighted by Crippen LogP contribution is -2.62. The summed E-state index contributed by atoms with van der Waals surface area (Å²) in [6.07, 6.45) is -1.60. The quantitative estimate of drug-likeness (QED) is 0.642. The van der Waals surface area contributed by atoms with Crippen LogP contribution in [0, 0.1) is 0 Å². The van der Waals surface area contributed by atoms with Crippen molar-refractivity contribution in [1.29, 1.82) is 0 Å². The Labute approximate surface area is 123 Å². The van der Waals surface area contributed by atoms with E-state index < -0.39 is 29.8 Å². The first-order valence-electron chi connectivity index (χ1n) is 6.76. The number of aliphatic hydroxyl groups is 2. The van der Waals surface area contributed by atoms with Gasteiger partial charge in [0.2, 0.25) is 5.91 Å². The van der Waals surface area contributed by atoms with Crippen LogP contribution in [0.4, 0.5) is 0 Å². The van der Waals surface area contributed by atoms with E-state index in [2.05, 4.69) is 5.32 Å². The number of amides is 1. The van der Waals surface area contributed by atoms with E-state index in [1.807, 2.05) is 6.92 Å². The summed E-state index contributed by atoms with van der Waals surface area (Å²) in [6, 6.07) is -0.678. The summed E-state index contributed by atoms with van der Waals surface area (Å²) in [5, 5.41) is 22.7. The van der Waals surface area contributed by atoms with E-state index >= 15 is 0 Å². The van der Waals surface area contributed by atoms with Gasteiger partial charge in [-0.15, -0.1) is 11.8 Å². The average Bonchev–Trinajstić information content (AvgIpc) is 2.36. The molecule has 0 spiro atoms. The number of carbonyl (C=O) groups is 2. The molecule has 7 heteroatoms. The summed E-state index contributed by atoms with van der Waals surface area (Å²) in [5.41, 5.74) is -0.471. The van der Waals surface area contributed by atoms with Gasteiger partial charge in [0.1, 0.15) is 23.4 Å². The first kappa shape index (κ1) is 17.4. The molecule has 1 saturated heterocycles. The zero-order valence-electron chi connectivity index (χ0n) is 12.0. The van der Waals surface area contributed by atoms with Crippen LogP contribution < -0.4 is 5.32 Å². The van der Waals surface area contributed by atoms with E-state index in [1.54, 1.807) is 0 Å². The number of aliphatic hydroxyl groups excluding tert-OH is 2. The lowest BCUT2D eigenvalue weighted by atomic mass is 9.96. The van der Waals surface area contributed by atoms with E-state index in [9.17, 15) is 19.8 Å². The van der Waals surface area contributed by atoms with Crippen molar-refractivity contribution in [3.8, 4) is 0 Å². The molecule has 3 N–H and O–H groups in total. The van der Waals surface area contributed by atoms with E-state index in [1.165, 1.54) is 25.6 Å². The number of nitrogens with one attached hydrogen (secondary N) is 1. The summed E-state index contributed by atoms with van der Waals surface area (Å²) in [4.78, 5) is 22.2. The number of hydrogen-bond donors (Lipinski definition) is 3. The molecule has 116 valence electrons. The maximum atomic E-state index is 11.2. The summed E-state index contributed by atoms with van der Waals surface area (Å²) in [7, 11) is 0. The van der Waals surface area contributed by atoms with Gasteiger partial charge >= 0.3 is 0 Å². The molecule has 1 heterocycles. The van der Waals surface area contributed by atoms with Gasteiger partial charge < -0.3 is 20.3 Å². The van der Waals surface area contributed by atoms with Crippen LogP contribution in [0.2, 0.25) is 0 Å². The molecule has 0 aromatic heterocycles. The van der Waals surface area contributed by atoms with Crippen molar-refractivity contribution in [2.24, 2.45) is 0 Å². The van der Waals surface area contributed by atoms with Crippen LogP contribution in [0.3, 0.4) is 0 Å². The van der Waals surface area contributed by atoms with Crippen molar-refractivity contribution < 1.29 is 24.5 Å². The zero-order valence-corrected chi connectivity index (χ0v) is 12.9. The van der Waals surface area contributed by atoms with Crippen molar-refractivity contribution in [3.63, 3.8) is 0 Å². The minimum absolute atomic E-state index is 0.0806. The third-order valence-electron chi connectivity index (χ3n) is 3.21. The van der Waals surface area contributed by atoms with Crippen LogP contribution in [0.5, 0.6) is 0 Å². The number of carbonyl (C=O) groups excluding carboxylic acids is 2. The summed E-state index contributed by atoms with van der Waals surface area (Å²) < 4.78 is 5.74. The molecule has 0 aromatic rings. The molecule has 1 fully saturated rings. The van der Waals surface area contributed by atoms with Crippen LogP contribution in [0.15, 0.2) is 0 Å². The highest BCUT2D eigenvalue weighted by Gasteiger charge is 2.44. The van der Waals surface area contributed by atoms with Gasteiger partial charge in [-0.2, -0.15) is 0 Å². The van der Waals surface area contributed by atoms with Crippen LogP contribution >= 0.6 is 11.8 Å². The first-order valence-corrected chi connectivity index (χ1v) is 7.81. The van der Waals surface area contributed by atoms with Crippen LogP contribution in [0.25, 0.3) is 0 Å². The Morgan fingerprint density at radius 1 is 1.25 bits per heavy atom. The number of thioether (sulfide) groups is 1. The maximum Gasteiger partial charge on any atom is 0.217 e. The lowest BCUT2D eigenvalue weighted by molar-refractivity contribution is -0.164. The molecule has 20 heavy (non-hydrogen) atoms. The molecule has 0 saturated carbocycles. The average molecular weight is 305 g/mol. The SMILES string of the molecule is CC[C@H]1O[C@@H](SCCC(C)=O)[C@H](NC(C)=O)[C@@H](O)[C@H]1O. The fourth-order valence-electron chi connectivity index (χ4n) is 2.12. The Balaban J connectivity index is 2.72. The molecule has 6 nitrogen and oxygen atoms in total. The molecule has 0 aromatic carbocycles. The van der Waals surface area contributed by atoms with Crippen LogP contribution in [-0.2, 0) is 14.3 Å². The molecule has 1 aliphatic rings. The van der Waals surface area contributed by atoms with Crippen molar-refractivity contribution in [2.75, 3.05) is 5.75 Å². The van der Waals surface area contributed by atoms with E-state index in [0.29, 0.717) is 18.6 Å². The Morgan fingerprint density at radius 3 is 2.40 bits per heavy atom. The zero-order chi connectivity index (χ0) is 15.3. The van der Waals surface area contributed by atoms with Gasteiger partial charge in [0, 0.05) is 19.1 Å². The van der Waals surface area contributed by atoms with Gasteiger partial charge in [0.25, 0.3) is 0 Å². The predicted molar refractivity (Wildman–Crippen MR) is 76.3 cm³/mol. The second kappa shape index (κ2) is 7.97. The summed E-state index contributed by atoms with van der Waals surface area (Å²) in [5.74, 6) is 0.337. The number of hydrogen-bond acceptors (Lipinski definition) is 6. The fourth-order valence-corrected chi connectivity index (χ4v) is 3.41. The molecular formula is C13H23NO5S. The van der Waals surface area contributed by atoms with Gasteiger partial charge in [0.05, 0.1) is 12.1 Å². The molecule has 5 atom stereocenters. The molecule has 1 amide bonds. The minimum atomic E-state index is -1.08. The fraction of sp³-hybridized carbons (Fsp3) is 0.846. The number of ether oxygens (including phenoxy) is 1. The number of Topliss-reactive ketones (excluding diaryl/α,β-unsaturated/α-hetero) is 1. The first-order chi connectivity index (χ1) is 9.36. The van der Waals surface area contributed by atoms with Crippen molar-refractivity contribution in [1.82, 2.24) is 5.32 Å². The monoisotopic (exact) mass is 305 g/mol. The van der Waals surface area contributed by atoms with Gasteiger partial charge in [0.15, 0.2) is 0 Å². The third kappa shape index (κ3) is 4.73. The van der Waals surface area contributed by atoms with E-state index in [0.717, 1.165) is 0 Å². The topological polar surface area (TPSA) is 95.9 Å². The smallest absolute Gasteiger partial charge is 0.217 e. The highest BCUT2D eigenvalue weighted by Crippen LogP contribution is 2.30. The van der Waals surface area contributed by atoms with Gasteiger partial charge in [-0.3, -0.25) is 9.59 Å². The normalized spacial score (nSPS) is 33.8. The predicted octanol–water partition coefficient (Wildman–Crippen LogP) is 0.0601. The Morgan fingerprint density at radius 2 is 1.90 bits per heavy atom. The molecule has 1 aliphatic heterocycles. The Bertz CT molecular complexity index is 352. The van der Waals surface area contributed by atoms with Gasteiger partial charge in [-0.05, 0) is 13.3 Å². The highest BCUT2D eigenvalue weighted by molar-refractivity contribution is 7.99. The lowest BCUT2D eigenvalue weighted by Gasteiger charge is -2.42. The molecular weight excluding hydrogens is 282 g/mol. The largest absolute Gasteiger partial charge is 0.388 e.